The predicted molar refractivity (Wildman–Crippen MR) is 111 cm³/mol. The van der Waals surface area contributed by atoms with Crippen LogP contribution in [0.2, 0.25) is 5.02 Å². The van der Waals surface area contributed by atoms with Gasteiger partial charge in [-0.05, 0) is 57.5 Å². The second kappa shape index (κ2) is 7.56. The molecule has 1 aliphatic rings. The molecule has 2 aromatic rings. The topological polar surface area (TPSA) is 80.4 Å². The third-order valence-corrected chi connectivity index (χ3v) is 5.56. The Kier molecular flexibility index (Phi) is 5.49. The fourth-order valence-corrected chi connectivity index (χ4v) is 3.73. The van der Waals surface area contributed by atoms with E-state index in [9.17, 15) is 10.2 Å². The van der Waals surface area contributed by atoms with E-state index in [-0.39, 0.29) is 6.04 Å². The summed E-state index contributed by atoms with van der Waals surface area (Å²) in [6.45, 7) is 6.04. The molecule has 1 fully saturated rings. The number of nitrogens with zero attached hydrogens (tertiary/aromatic N) is 3. The second-order valence-corrected chi connectivity index (χ2v) is 8.19. The highest BCUT2D eigenvalue weighted by molar-refractivity contribution is 6.32. The van der Waals surface area contributed by atoms with Gasteiger partial charge in [-0.3, -0.25) is 4.98 Å². The van der Waals surface area contributed by atoms with Crippen LogP contribution in [0.1, 0.15) is 44.0 Å². The van der Waals surface area contributed by atoms with Crippen LogP contribution in [0.5, 0.6) is 0 Å². The summed E-state index contributed by atoms with van der Waals surface area (Å²) in [4.78, 5) is 6.50. The molecule has 0 bridgehead atoms. The van der Waals surface area contributed by atoms with Crippen LogP contribution in [0.3, 0.4) is 0 Å². The summed E-state index contributed by atoms with van der Waals surface area (Å²) in [6.07, 6.45) is 5.69. The lowest BCUT2D eigenvalue weighted by molar-refractivity contribution is 0.0326. The molecule has 1 saturated heterocycles. The lowest BCUT2D eigenvalue weighted by atomic mass is 9.88. The van der Waals surface area contributed by atoms with Crippen molar-refractivity contribution in [3.05, 3.63) is 64.4 Å². The number of nitriles is 1. The highest BCUT2D eigenvalue weighted by atomic mass is 35.5. The van der Waals surface area contributed by atoms with E-state index in [1.807, 2.05) is 25.1 Å². The molecule has 3 rings (SSSR count). The van der Waals surface area contributed by atoms with Crippen molar-refractivity contribution in [3.63, 3.8) is 0 Å². The zero-order valence-electron chi connectivity index (χ0n) is 16.2. The minimum absolute atomic E-state index is 0.184. The van der Waals surface area contributed by atoms with E-state index >= 15 is 0 Å². The van der Waals surface area contributed by atoms with Crippen molar-refractivity contribution in [1.29, 1.82) is 5.26 Å². The average molecular weight is 398 g/mol. The van der Waals surface area contributed by atoms with Gasteiger partial charge in [-0.15, -0.1) is 0 Å². The summed E-state index contributed by atoms with van der Waals surface area (Å²) in [5.41, 5.74) is 0.850. The van der Waals surface area contributed by atoms with Gasteiger partial charge in [-0.2, -0.15) is 5.26 Å². The van der Waals surface area contributed by atoms with Crippen LogP contribution < -0.4 is 4.90 Å². The van der Waals surface area contributed by atoms with Gasteiger partial charge in [-0.1, -0.05) is 23.7 Å². The van der Waals surface area contributed by atoms with Gasteiger partial charge in [-0.25, -0.2) is 0 Å². The summed E-state index contributed by atoms with van der Waals surface area (Å²) in [6, 6.07) is 10.9. The lowest BCUT2D eigenvalue weighted by Gasteiger charge is -2.33. The standard InChI is InChI=1S/C22H24ClN3O2/c1-15-22(28,17-5-6-18(25-14-17)8-9-21(2,3)27)10-11-26(15)19-7-4-16(13-24)20(23)12-19/h4-9,12,14-15,27-28H,10-11H2,1-3H3/b9-8+/t15-,22-/m0/s1. The quantitative estimate of drug-likeness (QED) is 0.818. The molecule has 0 aliphatic carbocycles. The molecule has 0 amide bonds. The minimum atomic E-state index is -1.04. The number of hydrogen-bond donors (Lipinski definition) is 2. The monoisotopic (exact) mass is 397 g/mol. The Balaban J connectivity index is 1.82. The molecule has 2 heterocycles. The molecule has 146 valence electrons. The van der Waals surface area contributed by atoms with E-state index in [0.717, 1.165) is 16.9 Å². The van der Waals surface area contributed by atoms with Gasteiger partial charge in [0.1, 0.15) is 11.7 Å². The summed E-state index contributed by atoms with van der Waals surface area (Å²) in [7, 11) is 0. The van der Waals surface area contributed by atoms with Gasteiger partial charge in [0.15, 0.2) is 0 Å². The van der Waals surface area contributed by atoms with Gasteiger partial charge in [0.2, 0.25) is 0 Å². The van der Waals surface area contributed by atoms with Crippen LogP contribution in [-0.4, -0.2) is 33.4 Å². The molecule has 6 heteroatoms. The SMILES string of the molecule is C[C@@H]1N(c2ccc(C#N)c(Cl)c2)CC[C@@]1(O)c1ccc(/C=C/C(C)(C)O)nc1. The highest BCUT2D eigenvalue weighted by Gasteiger charge is 2.45. The molecular weight excluding hydrogens is 374 g/mol. The van der Waals surface area contributed by atoms with Gasteiger partial charge in [0.05, 0.1) is 27.9 Å². The average Bonchev–Trinajstić information content (AvgIpc) is 2.96. The number of hydrogen-bond acceptors (Lipinski definition) is 5. The number of pyridine rings is 1. The Morgan fingerprint density at radius 2 is 2.11 bits per heavy atom. The van der Waals surface area contributed by atoms with Crippen LogP contribution >= 0.6 is 11.6 Å². The highest BCUT2D eigenvalue weighted by Crippen LogP contribution is 2.40. The molecule has 2 atom stereocenters. The van der Waals surface area contributed by atoms with Crippen molar-refractivity contribution < 1.29 is 10.2 Å². The number of aromatic nitrogens is 1. The number of halogens is 1. The van der Waals surface area contributed by atoms with Crippen LogP contribution in [0, 0.1) is 11.3 Å². The number of benzene rings is 1. The summed E-state index contributed by atoms with van der Waals surface area (Å²) < 4.78 is 0. The second-order valence-electron chi connectivity index (χ2n) is 7.78. The normalized spacial score (nSPS) is 22.6. The zero-order valence-corrected chi connectivity index (χ0v) is 17.0. The molecule has 0 saturated carbocycles. The first kappa shape index (κ1) is 20.3. The minimum Gasteiger partial charge on any atom is -0.386 e. The van der Waals surface area contributed by atoms with E-state index in [2.05, 4.69) is 16.0 Å². The van der Waals surface area contributed by atoms with Gasteiger partial charge in [0.25, 0.3) is 0 Å². The maximum Gasteiger partial charge on any atom is 0.113 e. The van der Waals surface area contributed by atoms with E-state index < -0.39 is 11.2 Å². The molecule has 0 unspecified atom stereocenters. The first-order valence-electron chi connectivity index (χ1n) is 9.21. The lowest BCUT2D eigenvalue weighted by Crippen LogP contribution is -2.40. The Hall–Kier alpha value is -2.39. The molecule has 0 radical (unpaired) electrons. The molecular formula is C22H24ClN3O2. The molecule has 1 aromatic carbocycles. The zero-order chi connectivity index (χ0) is 20.5. The number of aliphatic hydroxyl groups is 2. The summed E-state index contributed by atoms with van der Waals surface area (Å²) >= 11 is 6.18. The van der Waals surface area contributed by atoms with Crippen molar-refractivity contribution >= 4 is 23.4 Å². The van der Waals surface area contributed by atoms with Gasteiger partial charge < -0.3 is 15.1 Å². The molecule has 2 N–H and O–H groups in total. The third-order valence-electron chi connectivity index (χ3n) is 5.25. The Bertz CT molecular complexity index is 928. The van der Waals surface area contributed by atoms with Gasteiger partial charge >= 0.3 is 0 Å². The van der Waals surface area contributed by atoms with Crippen molar-refractivity contribution in [2.45, 2.75) is 44.4 Å². The van der Waals surface area contributed by atoms with Crippen LogP contribution in [0.15, 0.2) is 42.6 Å². The van der Waals surface area contributed by atoms with Crippen LogP contribution in [0.4, 0.5) is 5.69 Å². The van der Waals surface area contributed by atoms with Crippen molar-refractivity contribution in [2.24, 2.45) is 0 Å². The maximum atomic E-state index is 11.4. The predicted octanol–water partition coefficient (Wildman–Crippen LogP) is 3.88. The van der Waals surface area contributed by atoms with Crippen LogP contribution in [0.25, 0.3) is 6.08 Å². The Morgan fingerprint density at radius 1 is 1.36 bits per heavy atom. The van der Waals surface area contributed by atoms with Crippen molar-refractivity contribution in [3.8, 4) is 6.07 Å². The first-order chi connectivity index (χ1) is 13.1. The summed E-state index contributed by atoms with van der Waals surface area (Å²) in [5.74, 6) is 0. The maximum absolute atomic E-state index is 11.4. The Morgan fingerprint density at radius 3 is 2.68 bits per heavy atom. The fraction of sp³-hybridized carbons (Fsp3) is 0.364. The third kappa shape index (κ3) is 4.05. The van der Waals surface area contributed by atoms with Gasteiger partial charge in [0, 0.05) is 24.0 Å². The number of rotatable bonds is 4. The van der Waals surface area contributed by atoms with Crippen molar-refractivity contribution in [2.75, 3.05) is 11.4 Å². The molecule has 28 heavy (non-hydrogen) atoms. The number of anilines is 1. The van der Waals surface area contributed by atoms with E-state index in [1.165, 1.54) is 0 Å². The summed E-state index contributed by atoms with van der Waals surface area (Å²) in [5, 5.41) is 30.6. The molecule has 5 nitrogen and oxygen atoms in total. The fourth-order valence-electron chi connectivity index (χ4n) is 3.51. The van der Waals surface area contributed by atoms with E-state index in [0.29, 0.717) is 23.6 Å². The molecule has 0 spiro atoms. The van der Waals surface area contributed by atoms with E-state index in [4.69, 9.17) is 16.9 Å². The largest absolute Gasteiger partial charge is 0.386 e. The van der Waals surface area contributed by atoms with Crippen LogP contribution in [-0.2, 0) is 5.60 Å². The van der Waals surface area contributed by atoms with Crippen molar-refractivity contribution in [1.82, 2.24) is 4.98 Å². The van der Waals surface area contributed by atoms with E-state index in [1.54, 1.807) is 44.3 Å². The molecule has 1 aromatic heterocycles. The Labute approximate surface area is 170 Å². The molecule has 1 aliphatic heterocycles. The first-order valence-corrected chi connectivity index (χ1v) is 9.59. The smallest absolute Gasteiger partial charge is 0.113 e.